The van der Waals surface area contributed by atoms with Gasteiger partial charge in [-0.2, -0.15) is 0 Å². The molecule has 2 fully saturated rings. The molecule has 0 saturated carbocycles. The summed E-state index contributed by atoms with van der Waals surface area (Å²) >= 11 is 0. The molecule has 1 aromatic heterocycles. The van der Waals surface area contributed by atoms with Gasteiger partial charge < -0.3 is 14.6 Å². The zero-order valence-corrected chi connectivity index (χ0v) is 15.8. The Balaban J connectivity index is 1.62. The number of furan rings is 1. The van der Waals surface area contributed by atoms with Crippen LogP contribution in [0, 0.1) is 6.92 Å². The van der Waals surface area contributed by atoms with Gasteiger partial charge in [-0.05, 0) is 51.3 Å². The first kappa shape index (κ1) is 19.0. The topological polar surface area (TPSA) is 65.8 Å². The van der Waals surface area contributed by atoms with Gasteiger partial charge in [0.25, 0.3) is 0 Å². The summed E-state index contributed by atoms with van der Waals surface area (Å²) < 4.78 is 5.69. The normalized spacial score (nSPS) is 23.5. The maximum absolute atomic E-state index is 13.2. The number of likely N-dealkylation sites (tertiary alicyclic amines) is 1. The van der Waals surface area contributed by atoms with Crippen molar-refractivity contribution in [2.24, 2.45) is 0 Å². The highest BCUT2D eigenvalue weighted by Gasteiger charge is 2.34. The Bertz CT molecular complexity index is 613. The number of amides is 2. The minimum Gasteiger partial charge on any atom is -0.465 e. The summed E-state index contributed by atoms with van der Waals surface area (Å²) in [5.41, 5.74) is 0. The highest BCUT2D eigenvalue weighted by molar-refractivity contribution is 5.83. The summed E-state index contributed by atoms with van der Waals surface area (Å²) in [6, 6.07) is 3.87. The Hall–Kier alpha value is -1.82. The second kappa shape index (κ2) is 9.21. The molecule has 1 aromatic rings. The maximum Gasteiger partial charge on any atom is 0.239 e. The second-order valence-electron chi connectivity index (χ2n) is 7.48. The number of aryl methyl sites for hydroxylation is 1. The van der Waals surface area contributed by atoms with Crippen molar-refractivity contribution in [3.63, 3.8) is 0 Å². The highest BCUT2D eigenvalue weighted by Crippen LogP contribution is 2.23. The van der Waals surface area contributed by atoms with Crippen LogP contribution in [0.15, 0.2) is 16.5 Å². The number of nitrogens with one attached hydrogen (secondary N) is 1. The van der Waals surface area contributed by atoms with Crippen molar-refractivity contribution < 1.29 is 14.0 Å². The Kier molecular flexibility index (Phi) is 6.72. The number of carbonyl (C=O) groups excluding carboxylic acids is 2. The van der Waals surface area contributed by atoms with Gasteiger partial charge in [-0.25, -0.2) is 0 Å². The van der Waals surface area contributed by atoms with Crippen LogP contribution < -0.4 is 5.32 Å². The van der Waals surface area contributed by atoms with E-state index in [9.17, 15) is 9.59 Å². The van der Waals surface area contributed by atoms with E-state index < -0.39 is 0 Å². The van der Waals surface area contributed by atoms with E-state index in [2.05, 4.69) is 10.2 Å². The fourth-order valence-corrected chi connectivity index (χ4v) is 3.94. The molecule has 0 spiro atoms. The maximum atomic E-state index is 13.2. The molecule has 2 aliphatic heterocycles. The van der Waals surface area contributed by atoms with Gasteiger partial charge in [-0.15, -0.1) is 0 Å². The third-order valence-corrected chi connectivity index (χ3v) is 5.40. The van der Waals surface area contributed by atoms with Gasteiger partial charge in [0.05, 0.1) is 12.6 Å². The van der Waals surface area contributed by atoms with Crippen molar-refractivity contribution in [3.05, 3.63) is 23.7 Å². The van der Waals surface area contributed by atoms with E-state index >= 15 is 0 Å². The molecular weight excluding hydrogens is 330 g/mol. The second-order valence-corrected chi connectivity index (χ2v) is 7.48. The molecule has 1 unspecified atom stereocenters. The highest BCUT2D eigenvalue weighted by atomic mass is 16.3. The van der Waals surface area contributed by atoms with Gasteiger partial charge >= 0.3 is 0 Å². The van der Waals surface area contributed by atoms with Gasteiger partial charge in [-0.3, -0.25) is 14.5 Å². The average Bonchev–Trinajstić information content (AvgIpc) is 3.23. The van der Waals surface area contributed by atoms with Crippen LogP contribution in [-0.4, -0.2) is 53.8 Å². The van der Waals surface area contributed by atoms with Crippen LogP contribution in [0.5, 0.6) is 0 Å². The zero-order valence-electron chi connectivity index (χ0n) is 15.8. The third-order valence-electron chi connectivity index (χ3n) is 5.40. The van der Waals surface area contributed by atoms with Crippen molar-refractivity contribution in [2.45, 2.75) is 64.5 Å². The number of hydrogen-bond donors (Lipinski definition) is 1. The summed E-state index contributed by atoms with van der Waals surface area (Å²) in [6.07, 6.45) is 6.58. The summed E-state index contributed by atoms with van der Waals surface area (Å²) in [5.74, 6) is 2.05. The number of hydrogen-bond acceptors (Lipinski definition) is 4. The lowest BCUT2D eigenvalue weighted by Gasteiger charge is -2.30. The molecule has 3 heterocycles. The SMILES string of the molecule is Cc1ccc(CN2CCCC2C(=O)N2CCCCCCNC(=O)CC2)o1. The molecule has 0 bridgehead atoms. The Morgan fingerprint density at radius 3 is 2.81 bits per heavy atom. The lowest BCUT2D eigenvalue weighted by molar-refractivity contribution is -0.136. The fraction of sp³-hybridized carbons (Fsp3) is 0.700. The van der Waals surface area contributed by atoms with Crippen LogP contribution >= 0.6 is 0 Å². The molecule has 1 N–H and O–H groups in total. The molecule has 0 aliphatic carbocycles. The van der Waals surface area contributed by atoms with E-state index in [1.54, 1.807) is 0 Å². The van der Waals surface area contributed by atoms with Gasteiger partial charge in [0, 0.05) is 26.1 Å². The molecule has 1 atom stereocenters. The lowest BCUT2D eigenvalue weighted by atomic mass is 10.1. The van der Waals surface area contributed by atoms with E-state index in [1.807, 2.05) is 24.0 Å². The van der Waals surface area contributed by atoms with E-state index in [1.165, 1.54) is 0 Å². The van der Waals surface area contributed by atoms with Crippen molar-refractivity contribution in [3.8, 4) is 0 Å². The molecule has 6 heteroatoms. The van der Waals surface area contributed by atoms with Crippen LogP contribution in [0.3, 0.4) is 0 Å². The van der Waals surface area contributed by atoms with Crippen LogP contribution in [0.25, 0.3) is 0 Å². The van der Waals surface area contributed by atoms with Gasteiger partial charge in [0.15, 0.2) is 0 Å². The standard InChI is InChI=1S/C20H31N3O3/c1-16-8-9-17(26-16)15-23-13-6-7-18(23)20(25)22-12-5-3-2-4-11-21-19(24)10-14-22/h8-9,18H,2-7,10-15H2,1H3,(H,21,24). The first-order valence-electron chi connectivity index (χ1n) is 9.98. The van der Waals surface area contributed by atoms with Gasteiger partial charge in [0.1, 0.15) is 11.5 Å². The molecular formula is C20H31N3O3. The monoisotopic (exact) mass is 361 g/mol. The molecule has 144 valence electrons. The molecule has 2 aliphatic rings. The fourth-order valence-electron chi connectivity index (χ4n) is 3.94. The van der Waals surface area contributed by atoms with Crippen molar-refractivity contribution >= 4 is 11.8 Å². The largest absolute Gasteiger partial charge is 0.465 e. The quantitative estimate of drug-likeness (QED) is 0.898. The van der Waals surface area contributed by atoms with E-state index in [-0.39, 0.29) is 17.9 Å². The van der Waals surface area contributed by atoms with E-state index in [0.717, 1.165) is 69.7 Å². The minimum absolute atomic E-state index is 0.0547. The number of nitrogens with zero attached hydrogens (tertiary/aromatic N) is 2. The Labute approximate surface area is 155 Å². The van der Waals surface area contributed by atoms with Crippen molar-refractivity contribution in [1.82, 2.24) is 15.1 Å². The van der Waals surface area contributed by atoms with Crippen LogP contribution in [0.1, 0.15) is 56.5 Å². The van der Waals surface area contributed by atoms with Crippen LogP contribution in [0.2, 0.25) is 0 Å². The van der Waals surface area contributed by atoms with Gasteiger partial charge in [-0.1, -0.05) is 12.8 Å². The molecule has 2 amide bonds. The summed E-state index contributed by atoms with van der Waals surface area (Å²) in [5, 5.41) is 2.95. The predicted molar refractivity (Wildman–Crippen MR) is 99.6 cm³/mol. The van der Waals surface area contributed by atoms with Crippen LogP contribution in [0.4, 0.5) is 0 Å². The molecule has 26 heavy (non-hydrogen) atoms. The minimum atomic E-state index is -0.0893. The van der Waals surface area contributed by atoms with E-state index in [4.69, 9.17) is 4.42 Å². The lowest BCUT2D eigenvalue weighted by Crippen LogP contribution is -2.46. The van der Waals surface area contributed by atoms with E-state index in [0.29, 0.717) is 19.5 Å². The number of rotatable bonds is 3. The third kappa shape index (κ3) is 5.10. The Morgan fingerprint density at radius 2 is 2.00 bits per heavy atom. The molecule has 2 saturated heterocycles. The Morgan fingerprint density at radius 1 is 1.15 bits per heavy atom. The zero-order chi connectivity index (χ0) is 18.4. The summed E-state index contributed by atoms with van der Waals surface area (Å²) in [4.78, 5) is 29.3. The first-order chi connectivity index (χ1) is 12.6. The molecule has 3 rings (SSSR count). The predicted octanol–water partition coefficient (Wildman–Crippen LogP) is 2.46. The average molecular weight is 361 g/mol. The van der Waals surface area contributed by atoms with Crippen molar-refractivity contribution in [1.29, 1.82) is 0 Å². The first-order valence-corrected chi connectivity index (χ1v) is 9.98. The van der Waals surface area contributed by atoms with Crippen molar-refractivity contribution in [2.75, 3.05) is 26.2 Å². The summed E-state index contributed by atoms with van der Waals surface area (Å²) in [6.45, 7) is 5.58. The smallest absolute Gasteiger partial charge is 0.239 e. The molecule has 6 nitrogen and oxygen atoms in total. The molecule has 0 radical (unpaired) electrons. The van der Waals surface area contributed by atoms with Gasteiger partial charge in [0.2, 0.25) is 11.8 Å². The molecule has 0 aromatic carbocycles. The summed E-state index contributed by atoms with van der Waals surface area (Å²) in [7, 11) is 0. The van der Waals surface area contributed by atoms with Crippen LogP contribution in [-0.2, 0) is 16.1 Å². The number of carbonyl (C=O) groups is 2.